The van der Waals surface area contributed by atoms with Crippen LogP contribution in [-0.4, -0.2) is 31.9 Å². The fraction of sp³-hybridized carbons (Fsp3) is 0.350. The monoisotopic (exact) mass is 384 g/mol. The number of amides is 1. The van der Waals surface area contributed by atoms with Gasteiger partial charge in [0.1, 0.15) is 11.8 Å². The number of rotatable bonds is 4. The summed E-state index contributed by atoms with van der Waals surface area (Å²) in [6.45, 7) is 0.686. The molecule has 1 atom stereocenters. The number of benzene rings is 1. The van der Waals surface area contributed by atoms with Gasteiger partial charge in [0.15, 0.2) is 5.82 Å². The Morgan fingerprint density at radius 1 is 1.26 bits per heavy atom. The molecule has 1 fully saturated rings. The Bertz CT molecular complexity index is 932. The van der Waals surface area contributed by atoms with E-state index in [2.05, 4.69) is 9.97 Å². The topological polar surface area (TPSA) is 64.2 Å². The SMILES string of the molecule is Cn1ccnc1C(=O)N1CCCC[C@H]1c1ncc(Cc2ccc(Cl)cc2)o1. The smallest absolute Gasteiger partial charge is 0.290 e. The van der Waals surface area contributed by atoms with Gasteiger partial charge in [-0.1, -0.05) is 23.7 Å². The minimum absolute atomic E-state index is 0.0790. The number of oxazole rings is 1. The maximum Gasteiger partial charge on any atom is 0.290 e. The minimum atomic E-state index is -0.151. The van der Waals surface area contributed by atoms with E-state index in [0.29, 0.717) is 29.7 Å². The molecule has 0 aliphatic carbocycles. The van der Waals surface area contributed by atoms with E-state index in [4.69, 9.17) is 16.0 Å². The Kier molecular flexibility index (Phi) is 4.99. The minimum Gasteiger partial charge on any atom is -0.443 e. The maximum absolute atomic E-state index is 13.0. The number of halogens is 1. The van der Waals surface area contributed by atoms with Crippen LogP contribution in [0.25, 0.3) is 0 Å². The van der Waals surface area contributed by atoms with Gasteiger partial charge in [-0.3, -0.25) is 4.79 Å². The molecule has 1 aromatic carbocycles. The quantitative estimate of drug-likeness (QED) is 0.681. The average molecular weight is 385 g/mol. The molecule has 0 saturated carbocycles. The first-order valence-electron chi connectivity index (χ1n) is 9.09. The number of carbonyl (C=O) groups excluding carboxylic acids is 1. The Morgan fingerprint density at radius 3 is 2.81 bits per heavy atom. The van der Waals surface area contributed by atoms with Crippen molar-refractivity contribution in [1.29, 1.82) is 0 Å². The molecule has 0 N–H and O–H groups in total. The third-order valence-corrected chi connectivity index (χ3v) is 5.18. The van der Waals surface area contributed by atoms with Gasteiger partial charge >= 0.3 is 0 Å². The summed E-state index contributed by atoms with van der Waals surface area (Å²) >= 11 is 5.94. The third kappa shape index (κ3) is 3.76. The zero-order valence-electron chi connectivity index (χ0n) is 15.1. The Balaban J connectivity index is 1.54. The van der Waals surface area contributed by atoms with Crippen LogP contribution in [-0.2, 0) is 13.5 Å². The molecule has 1 aliphatic rings. The van der Waals surface area contributed by atoms with E-state index in [1.807, 2.05) is 36.2 Å². The predicted octanol–water partition coefficient (Wildman–Crippen LogP) is 4.02. The molecule has 3 heterocycles. The Labute approximate surface area is 162 Å². The molecule has 6 nitrogen and oxygen atoms in total. The lowest BCUT2D eigenvalue weighted by Crippen LogP contribution is -2.39. The van der Waals surface area contributed by atoms with E-state index in [1.165, 1.54) is 0 Å². The summed E-state index contributed by atoms with van der Waals surface area (Å²) in [4.78, 5) is 23.5. The number of likely N-dealkylation sites (tertiary alicyclic amines) is 1. The van der Waals surface area contributed by atoms with Crippen molar-refractivity contribution in [1.82, 2.24) is 19.4 Å². The summed E-state index contributed by atoms with van der Waals surface area (Å²) in [5.41, 5.74) is 1.10. The molecule has 140 valence electrons. The van der Waals surface area contributed by atoms with Crippen molar-refractivity contribution in [2.24, 2.45) is 7.05 Å². The second kappa shape index (κ2) is 7.56. The van der Waals surface area contributed by atoms with Crippen LogP contribution in [0.2, 0.25) is 5.02 Å². The van der Waals surface area contributed by atoms with Crippen molar-refractivity contribution in [3.05, 3.63) is 70.9 Å². The van der Waals surface area contributed by atoms with Crippen molar-refractivity contribution in [3.63, 3.8) is 0 Å². The van der Waals surface area contributed by atoms with Gasteiger partial charge in [0.25, 0.3) is 5.91 Å². The van der Waals surface area contributed by atoms with E-state index < -0.39 is 0 Å². The van der Waals surface area contributed by atoms with Gasteiger partial charge < -0.3 is 13.9 Å². The second-order valence-electron chi connectivity index (χ2n) is 6.84. The van der Waals surface area contributed by atoms with Gasteiger partial charge in [-0.25, -0.2) is 9.97 Å². The Morgan fingerprint density at radius 2 is 2.07 bits per heavy atom. The van der Waals surface area contributed by atoms with Crippen LogP contribution in [0.15, 0.2) is 47.3 Å². The molecule has 27 heavy (non-hydrogen) atoms. The van der Waals surface area contributed by atoms with E-state index in [0.717, 1.165) is 30.6 Å². The van der Waals surface area contributed by atoms with Crippen molar-refractivity contribution < 1.29 is 9.21 Å². The number of aromatic nitrogens is 3. The van der Waals surface area contributed by atoms with Gasteiger partial charge in [-0.2, -0.15) is 0 Å². The zero-order chi connectivity index (χ0) is 18.8. The van der Waals surface area contributed by atoms with Crippen molar-refractivity contribution in [2.75, 3.05) is 6.54 Å². The summed E-state index contributed by atoms with van der Waals surface area (Å²) in [6, 6.07) is 7.52. The molecule has 1 saturated heterocycles. The summed E-state index contributed by atoms with van der Waals surface area (Å²) in [7, 11) is 1.83. The van der Waals surface area contributed by atoms with Crippen LogP contribution in [0.5, 0.6) is 0 Å². The van der Waals surface area contributed by atoms with E-state index in [1.54, 1.807) is 23.2 Å². The number of hydrogen-bond acceptors (Lipinski definition) is 4. The van der Waals surface area contributed by atoms with Crippen LogP contribution in [0.4, 0.5) is 0 Å². The first kappa shape index (κ1) is 17.8. The molecule has 0 bridgehead atoms. The number of imidazole rings is 1. The van der Waals surface area contributed by atoms with E-state index in [-0.39, 0.29) is 11.9 Å². The molecule has 3 aromatic rings. The standard InChI is InChI=1S/C20H21ClN4O2/c1-24-11-9-22-18(24)20(26)25-10-3-2-4-17(25)19-23-13-16(27-19)12-14-5-7-15(21)8-6-14/h5-9,11,13,17H,2-4,10,12H2,1H3/t17-/m0/s1. The summed E-state index contributed by atoms with van der Waals surface area (Å²) < 4.78 is 7.77. The summed E-state index contributed by atoms with van der Waals surface area (Å²) in [5, 5.41) is 0.711. The molecule has 1 amide bonds. The number of hydrogen-bond donors (Lipinski definition) is 0. The second-order valence-corrected chi connectivity index (χ2v) is 7.28. The normalized spacial score (nSPS) is 17.3. The van der Waals surface area contributed by atoms with Crippen LogP contribution in [0, 0.1) is 0 Å². The number of carbonyl (C=O) groups is 1. The fourth-order valence-corrected chi connectivity index (χ4v) is 3.62. The van der Waals surface area contributed by atoms with E-state index in [9.17, 15) is 4.79 Å². The lowest BCUT2D eigenvalue weighted by Gasteiger charge is -2.33. The molecule has 4 rings (SSSR count). The Hall–Kier alpha value is -2.60. The number of piperidine rings is 1. The molecule has 2 aromatic heterocycles. The molecule has 0 spiro atoms. The van der Waals surface area contributed by atoms with Crippen LogP contribution < -0.4 is 0 Å². The summed E-state index contributed by atoms with van der Waals surface area (Å²) in [6.07, 6.45) is 8.68. The van der Waals surface area contributed by atoms with Crippen LogP contribution >= 0.6 is 11.6 Å². The molecular weight excluding hydrogens is 364 g/mol. The first-order valence-corrected chi connectivity index (χ1v) is 9.47. The first-order chi connectivity index (χ1) is 13.1. The van der Waals surface area contributed by atoms with Gasteiger partial charge in [0.2, 0.25) is 5.89 Å². The average Bonchev–Trinajstić information content (AvgIpc) is 3.32. The summed E-state index contributed by atoms with van der Waals surface area (Å²) in [5.74, 6) is 1.74. The fourth-order valence-electron chi connectivity index (χ4n) is 3.49. The lowest BCUT2D eigenvalue weighted by molar-refractivity contribution is 0.0554. The molecule has 0 radical (unpaired) electrons. The van der Waals surface area contributed by atoms with E-state index >= 15 is 0 Å². The lowest BCUT2D eigenvalue weighted by atomic mass is 10.0. The molecule has 0 unspecified atom stereocenters. The van der Waals surface area contributed by atoms with Crippen molar-refractivity contribution in [3.8, 4) is 0 Å². The number of aryl methyl sites for hydroxylation is 1. The number of nitrogens with zero attached hydrogens (tertiary/aromatic N) is 4. The van der Waals surface area contributed by atoms with Crippen molar-refractivity contribution in [2.45, 2.75) is 31.7 Å². The molecule has 7 heteroatoms. The van der Waals surface area contributed by atoms with Gasteiger partial charge in [-0.05, 0) is 37.0 Å². The highest BCUT2D eigenvalue weighted by Crippen LogP contribution is 2.32. The van der Waals surface area contributed by atoms with Crippen LogP contribution in [0.1, 0.15) is 53.1 Å². The van der Waals surface area contributed by atoms with Crippen LogP contribution in [0.3, 0.4) is 0 Å². The van der Waals surface area contributed by atoms with Gasteiger partial charge in [0, 0.05) is 37.4 Å². The third-order valence-electron chi connectivity index (χ3n) is 4.92. The highest BCUT2D eigenvalue weighted by atomic mass is 35.5. The maximum atomic E-state index is 13.0. The largest absolute Gasteiger partial charge is 0.443 e. The van der Waals surface area contributed by atoms with Gasteiger partial charge in [0.05, 0.1) is 6.20 Å². The highest BCUT2D eigenvalue weighted by molar-refractivity contribution is 6.30. The molecule has 1 aliphatic heterocycles. The zero-order valence-corrected chi connectivity index (χ0v) is 15.9. The predicted molar refractivity (Wildman–Crippen MR) is 102 cm³/mol. The van der Waals surface area contributed by atoms with Crippen molar-refractivity contribution >= 4 is 17.5 Å². The van der Waals surface area contributed by atoms with Gasteiger partial charge in [-0.15, -0.1) is 0 Å². The molecular formula is C20H21ClN4O2. The highest BCUT2D eigenvalue weighted by Gasteiger charge is 2.33.